The van der Waals surface area contributed by atoms with Crippen LogP contribution in [0.25, 0.3) is 0 Å². The number of rotatable bonds is 10. The molecule has 2 aromatic carbocycles. The van der Waals surface area contributed by atoms with E-state index in [1.807, 2.05) is 19.1 Å². The van der Waals surface area contributed by atoms with Crippen molar-refractivity contribution in [3.63, 3.8) is 0 Å². The molecule has 168 valence electrons. The minimum atomic E-state index is -0.264. The minimum Gasteiger partial charge on any atom is -0.497 e. The Hall–Kier alpha value is -3.73. The average Bonchev–Trinajstić information content (AvgIpc) is 3.16. The SMILES string of the molecule is CCNC(=O)c1cccc(NC(=O)CSc2nnc(COc3cccc(OC)c3)n2N)c1. The second-order valence-corrected chi connectivity index (χ2v) is 7.46. The van der Waals surface area contributed by atoms with Gasteiger partial charge in [0.05, 0.1) is 12.9 Å². The molecule has 0 atom stereocenters. The number of hydrogen-bond donors (Lipinski definition) is 3. The fourth-order valence-electron chi connectivity index (χ4n) is 2.67. The molecule has 10 nitrogen and oxygen atoms in total. The van der Waals surface area contributed by atoms with Crippen LogP contribution in [0.15, 0.2) is 53.7 Å². The summed E-state index contributed by atoms with van der Waals surface area (Å²) in [6.07, 6.45) is 0. The number of benzene rings is 2. The molecule has 0 aliphatic heterocycles. The van der Waals surface area contributed by atoms with Gasteiger partial charge in [0.15, 0.2) is 5.82 Å². The van der Waals surface area contributed by atoms with Crippen molar-refractivity contribution in [2.75, 3.05) is 30.6 Å². The van der Waals surface area contributed by atoms with E-state index in [-0.39, 0.29) is 24.2 Å². The van der Waals surface area contributed by atoms with Crippen LogP contribution in [0.5, 0.6) is 11.5 Å². The third-order valence-electron chi connectivity index (χ3n) is 4.22. The first kappa shape index (κ1) is 22.9. The quantitative estimate of drug-likeness (QED) is 0.312. The average molecular weight is 457 g/mol. The molecule has 0 aliphatic rings. The number of thioether (sulfide) groups is 1. The fourth-order valence-corrected chi connectivity index (χ4v) is 3.35. The maximum absolute atomic E-state index is 12.3. The Balaban J connectivity index is 1.52. The Bertz CT molecular complexity index is 1090. The molecule has 32 heavy (non-hydrogen) atoms. The van der Waals surface area contributed by atoms with Gasteiger partial charge >= 0.3 is 0 Å². The van der Waals surface area contributed by atoms with Gasteiger partial charge in [-0.1, -0.05) is 23.9 Å². The minimum absolute atomic E-state index is 0.0669. The molecule has 2 amide bonds. The number of ether oxygens (including phenoxy) is 2. The van der Waals surface area contributed by atoms with Gasteiger partial charge in [-0.2, -0.15) is 0 Å². The van der Waals surface area contributed by atoms with E-state index in [1.165, 1.54) is 4.68 Å². The molecule has 0 spiro atoms. The number of methoxy groups -OCH3 is 1. The fraction of sp³-hybridized carbons (Fsp3) is 0.238. The van der Waals surface area contributed by atoms with Gasteiger partial charge in [0, 0.05) is 23.9 Å². The highest BCUT2D eigenvalue weighted by Crippen LogP contribution is 2.21. The number of nitrogens with one attached hydrogen (secondary N) is 2. The van der Waals surface area contributed by atoms with Crippen molar-refractivity contribution in [3.8, 4) is 11.5 Å². The largest absolute Gasteiger partial charge is 0.497 e. The maximum atomic E-state index is 12.3. The second-order valence-electron chi connectivity index (χ2n) is 6.51. The molecule has 11 heteroatoms. The van der Waals surface area contributed by atoms with Gasteiger partial charge in [-0.3, -0.25) is 9.59 Å². The van der Waals surface area contributed by atoms with E-state index in [1.54, 1.807) is 43.5 Å². The van der Waals surface area contributed by atoms with Crippen LogP contribution in [0.3, 0.4) is 0 Å². The molecule has 1 heterocycles. The van der Waals surface area contributed by atoms with Crippen molar-refractivity contribution >= 4 is 29.3 Å². The van der Waals surface area contributed by atoms with E-state index in [9.17, 15) is 9.59 Å². The van der Waals surface area contributed by atoms with Crippen LogP contribution in [0.2, 0.25) is 0 Å². The lowest BCUT2D eigenvalue weighted by atomic mass is 10.2. The predicted molar refractivity (Wildman–Crippen MR) is 121 cm³/mol. The van der Waals surface area contributed by atoms with Crippen molar-refractivity contribution in [3.05, 3.63) is 59.9 Å². The zero-order chi connectivity index (χ0) is 22.9. The highest BCUT2D eigenvalue weighted by atomic mass is 32.2. The summed E-state index contributed by atoms with van der Waals surface area (Å²) < 4.78 is 12.1. The molecule has 3 aromatic rings. The van der Waals surface area contributed by atoms with Crippen LogP contribution in [-0.4, -0.2) is 46.1 Å². The van der Waals surface area contributed by atoms with Crippen molar-refractivity contribution in [2.45, 2.75) is 18.7 Å². The predicted octanol–water partition coefficient (Wildman–Crippen LogP) is 2.06. The van der Waals surface area contributed by atoms with Gasteiger partial charge in [0.25, 0.3) is 5.91 Å². The summed E-state index contributed by atoms with van der Waals surface area (Å²) in [5, 5.41) is 13.9. The smallest absolute Gasteiger partial charge is 0.251 e. The number of nitrogens with zero attached hydrogens (tertiary/aromatic N) is 3. The number of carbonyl (C=O) groups excluding carboxylic acids is 2. The lowest BCUT2D eigenvalue weighted by molar-refractivity contribution is -0.113. The van der Waals surface area contributed by atoms with Gasteiger partial charge in [-0.25, -0.2) is 4.68 Å². The van der Waals surface area contributed by atoms with E-state index in [0.29, 0.717) is 40.3 Å². The molecular weight excluding hydrogens is 432 g/mol. The molecule has 4 N–H and O–H groups in total. The van der Waals surface area contributed by atoms with Crippen molar-refractivity contribution in [2.24, 2.45) is 0 Å². The molecule has 3 rings (SSSR count). The normalized spacial score (nSPS) is 10.4. The summed E-state index contributed by atoms with van der Waals surface area (Å²) in [4.78, 5) is 24.2. The van der Waals surface area contributed by atoms with E-state index in [0.717, 1.165) is 11.8 Å². The van der Waals surface area contributed by atoms with Crippen molar-refractivity contribution in [1.29, 1.82) is 0 Å². The van der Waals surface area contributed by atoms with Gasteiger partial charge in [-0.05, 0) is 37.3 Å². The number of anilines is 1. The molecule has 0 aliphatic carbocycles. The number of carbonyl (C=O) groups is 2. The zero-order valence-electron chi connectivity index (χ0n) is 17.7. The molecular formula is C21H24N6O4S. The Morgan fingerprint density at radius 3 is 2.69 bits per heavy atom. The summed E-state index contributed by atoms with van der Waals surface area (Å²) in [6.45, 7) is 2.47. The van der Waals surface area contributed by atoms with Crippen molar-refractivity contribution < 1.29 is 19.1 Å². The number of nitrogen functional groups attached to an aromatic ring is 1. The highest BCUT2D eigenvalue weighted by Gasteiger charge is 2.14. The second kappa shape index (κ2) is 11.0. The van der Waals surface area contributed by atoms with Gasteiger partial charge < -0.3 is 25.9 Å². The summed E-state index contributed by atoms with van der Waals surface area (Å²) >= 11 is 1.14. The molecule has 0 saturated heterocycles. The molecule has 0 saturated carbocycles. The van der Waals surface area contributed by atoms with E-state index in [4.69, 9.17) is 15.3 Å². The number of nitrogens with two attached hydrogens (primary N) is 1. The highest BCUT2D eigenvalue weighted by molar-refractivity contribution is 7.99. The standard InChI is InChI=1S/C21H24N6O4S/c1-3-23-20(29)14-6-4-7-15(10-14)24-19(28)13-32-21-26-25-18(27(21)22)12-31-17-9-5-8-16(11-17)30-2/h4-11H,3,12-13,22H2,1-2H3,(H,23,29)(H,24,28). The molecule has 0 fully saturated rings. The number of amides is 2. The van der Waals surface area contributed by atoms with Crippen LogP contribution in [0, 0.1) is 0 Å². The van der Waals surface area contributed by atoms with Crippen LogP contribution >= 0.6 is 11.8 Å². The number of aromatic nitrogens is 3. The van der Waals surface area contributed by atoms with Gasteiger partial charge in [0.2, 0.25) is 11.1 Å². The monoisotopic (exact) mass is 456 g/mol. The van der Waals surface area contributed by atoms with E-state index >= 15 is 0 Å². The van der Waals surface area contributed by atoms with Crippen LogP contribution in [0.4, 0.5) is 5.69 Å². The maximum Gasteiger partial charge on any atom is 0.251 e. The third kappa shape index (κ3) is 6.14. The van der Waals surface area contributed by atoms with Crippen molar-refractivity contribution in [1.82, 2.24) is 20.2 Å². The van der Waals surface area contributed by atoms with Gasteiger partial charge in [0.1, 0.15) is 18.1 Å². The topological polar surface area (TPSA) is 133 Å². The Morgan fingerprint density at radius 2 is 1.91 bits per heavy atom. The number of hydrogen-bond acceptors (Lipinski definition) is 8. The van der Waals surface area contributed by atoms with Crippen LogP contribution < -0.4 is 25.9 Å². The third-order valence-corrected chi connectivity index (χ3v) is 5.17. The molecule has 0 bridgehead atoms. The molecule has 1 aromatic heterocycles. The first-order valence-corrected chi connectivity index (χ1v) is 10.8. The Labute approximate surface area is 189 Å². The summed E-state index contributed by atoms with van der Waals surface area (Å²) in [6, 6.07) is 13.9. The first-order valence-electron chi connectivity index (χ1n) is 9.77. The summed E-state index contributed by atoms with van der Waals surface area (Å²) in [5.74, 6) is 7.33. The zero-order valence-corrected chi connectivity index (χ0v) is 18.5. The Kier molecular flexibility index (Phi) is 7.92. The lowest BCUT2D eigenvalue weighted by Gasteiger charge is -2.08. The molecule has 0 unspecified atom stereocenters. The van der Waals surface area contributed by atoms with Gasteiger partial charge in [-0.15, -0.1) is 10.2 Å². The molecule has 0 radical (unpaired) electrons. The summed E-state index contributed by atoms with van der Waals surface area (Å²) in [7, 11) is 1.58. The lowest BCUT2D eigenvalue weighted by Crippen LogP contribution is -2.23. The van der Waals surface area contributed by atoms with E-state index in [2.05, 4.69) is 20.8 Å². The Morgan fingerprint density at radius 1 is 1.12 bits per heavy atom. The first-order chi connectivity index (χ1) is 15.5. The van der Waals surface area contributed by atoms with E-state index < -0.39 is 0 Å². The summed E-state index contributed by atoms with van der Waals surface area (Å²) in [5.41, 5.74) is 1.00. The van der Waals surface area contributed by atoms with Crippen LogP contribution in [0.1, 0.15) is 23.1 Å². The van der Waals surface area contributed by atoms with Crippen LogP contribution in [-0.2, 0) is 11.4 Å².